The predicted molar refractivity (Wildman–Crippen MR) is 69.5 cm³/mol. The smallest absolute Gasteiger partial charge is 0.201 e. The molecule has 0 spiro atoms. The third-order valence-corrected chi connectivity index (χ3v) is 3.06. The van der Waals surface area contributed by atoms with Crippen molar-refractivity contribution in [1.29, 1.82) is 0 Å². The Morgan fingerprint density at radius 2 is 2.28 bits per heavy atom. The summed E-state index contributed by atoms with van der Waals surface area (Å²) in [7, 11) is 0. The van der Waals surface area contributed by atoms with E-state index in [0.717, 1.165) is 17.0 Å². The van der Waals surface area contributed by atoms with Gasteiger partial charge in [-0.25, -0.2) is 4.98 Å². The van der Waals surface area contributed by atoms with Gasteiger partial charge in [-0.05, 0) is 19.1 Å². The molecule has 0 amide bonds. The van der Waals surface area contributed by atoms with Gasteiger partial charge in [0.2, 0.25) is 5.95 Å². The van der Waals surface area contributed by atoms with Crippen molar-refractivity contribution in [2.24, 2.45) is 0 Å². The Balaban J connectivity index is 2.11. The molecule has 18 heavy (non-hydrogen) atoms. The van der Waals surface area contributed by atoms with E-state index in [0.29, 0.717) is 23.0 Å². The first-order valence-electron chi connectivity index (χ1n) is 5.47. The summed E-state index contributed by atoms with van der Waals surface area (Å²) >= 11 is 6.08. The van der Waals surface area contributed by atoms with Crippen LogP contribution in [0, 0.1) is 6.92 Å². The third kappa shape index (κ3) is 1.73. The van der Waals surface area contributed by atoms with Gasteiger partial charge in [-0.1, -0.05) is 22.8 Å². The van der Waals surface area contributed by atoms with Gasteiger partial charge in [0, 0.05) is 6.07 Å². The van der Waals surface area contributed by atoms with Crippen molar-refractivity contribution >= 4 is 28.6 Å². The monoisotopic (exact) mass is 262 g/mol. The van der Waals surface area contributed by atoms with Crippen molar-refractivity contribution in [3.05, 3.63) is 40.7 Å². The molecule has 0 aliphatic heterocycles. The molecule has 2 heterocycles. The van der Waals surface area contributed by atoms with Crippen molar-refractivity contribution in [3.63, 3.8) is 0 Å². The number of anilines is 1. The molecule has 3 rings (SSSR count). The maximum absolute atomic E-state index is 6.08. The zero-order valence-electron chi connectivity index (χ0n) is 9.72. The van der Waals surface area contributed by atoms with Crippen molar-refractivity contribution in [2.75, 3.05) is 5.73 Å². The van der Waals surface area contributed by atoms with Crippen molar-refractivity contribution in [3.8, 4) is 0 Å². The minimum Gasteiger partial charge on any atom is -0.369 e. The number of rotatable bonds is 2. The summed E-state index contributed by atoms with van der Waals surface area (Å²) in [5.41, 5.74) is 8.31. The normalized spacial score (nSPS) is 11.2. The number of fused-ring (bicyclic) bond motifs is 1. The minimum atomic E-state index is 0.416. The van der Waals surface area contributed by atoms with E-state index in [1.807, 2.05) is 29.7 Å². The molecule has 0 radical (unpaired) electrons. The van der Waals surface area contributed by atoms with Crippen LogP contribution in [0.25, 0.3) is 11.0 Å². The summed E-state index contributed by atoms with van der Waals surface area (Å²) < 4.78 is 6.90. The molecule has 0 saturated heterocycles. The van der Waals surface area contributed by atoms with Crippen LogP contribution in [0.1, 0.15) is 11.5 Å². The third-order valence-electron chi connectivity index (χ3n) is 2.76. The van der Waals surface area contributed by atoms with E-state index in [1.54, 1.807) is 6.07 Å². The molecule has 5 nitrogen and oxygen atoms in total. The SMILES string of the molecule is Cc1cc(Cn2c(N)nc3c(Cl)cccc32)no1. The first-order chi connectivity index (χ1) is 8.65. The van der Waals surface area contributed by atoms with Gasteiger partial charge >= 0.3 is 0 Å². The number of para-hydroxylation sites is 1. The second kappa shape index (κ2) is 4.03. The predicted octanol–water partition coefficient (Wildman–Crippen LogP) is 2.62. The highest BCUT2D eigenvalue weighted by atomic mass is 35.5. The topological polar surface area (TPSA) is 69.9 Å². The number of aromatic nitrogens is 3. The van der Waals surface area contributed by atoms with E-state index in [2.05, 4.69) is 10.1 Å². The van der Waals surface area contributed by atoms with E-state index >= 15 is 0 Å². The van der Waals surface area contributed by atoms with Crippen LogP contribution in [0.3, 0.4) is 0 Å². The molecule has 6 heteroatoms. The first-order valence-corrected chi connectivity index (χ1v) is 5.85. The number of benzene rings is 1. The number of nitrogen functional groups attached to an aromatic ring is 1. The summed E-state index contributed by atoms with van der Waals surface area (Å²) in [4.78, 5) is 4.27. The lowest BCUT2D eigenvalue weighted by molar-refractivity contribution is 0.389. The number of halogens is 1. The van der Waals surface area contributed by atoms with E-state index in [9.17, 15) is 0 Å². The summed E-state index contributed by atoms with van der Waals surface area (Å²) in [6.45, 7) is 2.36. The summed E-state index contributed by atoms with van der Waals surface area (Å²) in [6, 6.07) is 7.46. The second-order valence-corrected chi connectivity index (χ2v) is 4.50. The van der Waals surface area contributed by atoms with Crippen LogP contribution in [0.15, 0.2) is 28.8 Å². The van der Waals surface area contributed by atoms with E-state index < -0.39 is 0 Å². The van der Waals surface area contributed by atoms with Gasteiger partial charge in [0.1, 0.15) is 17.0 Å². The van der Waals surface area contributed by atoms with Crippen molar-refractivity contribution in [1.82, 2.24) is 14.7 Å². The molecule has 0 aliphatic rings. The van der Waals surface area contributed by atoms with Crippen molar-refractivity contribution < 1.29 is 4.52 Å². The summed E-state index contributed by atoms with van der Waals surface area (Å²) in [5.74, 6) is 1.18. The Morgan fingerprint density at radius 1 is 1.44 bits per heavy atom. The maximum Gasteiger partial charge on any atom is 0.201 e. The zero-order valence-corrected chi connectivity index (χ0v) is 10.5. The first kappa shape index (κ1) is 11.1. The highest BCUT2D eigenvalue weighted by molar-refractivity contribution is 6.35. The Kier molecular flexibility index (Phi) is 2.48. The van der Waals surface area contributed by atoms with Gasteiger partial charge < -0.3 is 14.8 Å². The molecule has 0 atom stereocenters. The number of aryl methyl sites for hydroxylation is 1. The van der Waals surface area contributed by atoms with Crippen LogP contribution in [0.4, 0.5) is 5.95 Å². The van der Waals surface area contributed by atoms with E-state index in [1.165, 1.54) is 0 Å². The Morgan fingerprint density at radius 3 is 3.00 bits per heavy atom. The number of nitrogens with zero attached hydrogens (tertiary/aromatic N) is 3. The largest absolute Gasteiger partial charge is 0.369 e. The minimum absolute atomic E-state index is 0.416. The molecule has 92 valence electrons. The van der Waals surface area contributed by atoms with E-state index in [4.69, 9.17) is 21.9 Å². The molecular formula is C12H11ClN4O. The quantitative estimate of drug-likeness (QED) is 0.771. The average Bonchev–Trinajstić information content (AvgIpc) is 2.87. The molecule has 0 fully saturated rings. The van der Waals surface area contributed by atoms with Gasteiger partial charge in [-0.2, -0.15) is 0 Å². The molecule has 0 unspecified atom stereocenters. The fourth-order valence-corrected chi connectivity index (χ4v) is 2.16. The molecule has 2 N–H and O–H groups in total. The summed E-state index contributed by atoms with van der Waals surface area (Å²) in [6.07, 6.45) is 0. The average molecular weight is 263 g/mol. The number of hydrogen-bond donors (Lipinski definition) is 1. The second-order valence-electron chi connectivity index (χ2n) is 4.09. The molecular weight excluding hydrogens is 252 g/mol. The number of hydrogen-bond acceptors (Lipinski definition) is 4. The fraction of sp³-hybridized carbons (Fsp3) is 0.167. The molecule has 3 aromatic rings. The lowest BCUT2D eigenvalue weighted by Crippen LogP contribution is -2.04. The molecule has 2 aromatic heterocycles. The van der Waals surface area contributed by atoms with Gasteiger partial charge in [0.15, 0.2) is 0 Å². The van der Waals surface area contributed by atoms with Crippen LogP contribution >= 0.6 is 11.6 Å². The molecule has 1 aromatic carbocycles. The van der Waals surface area contributed by atoms with Gasteiger partial charge in [0.05, 0.1) is 17.1 Å². The van der Waals surface area contributed by atoms with Crippen LogP contribution in [-0.4, -0.2) is 14.7 Å². The standard InChI is InChI=1S/C12H11ClN4O/c1-7-5-8(16-18-7)6-17-10-4-2-3-9(13)11(10)15-12(17)14/h2-5H,6H2,1H3,(H2,14,15). The lowest BCUT2D eigenvalue weighted by atomic mass is 10.3. The van der Waals surface area contributed by atoms with Crippen LogP contribution in [0.5, 0.6) is 0 Å². The maximum atomic E-state index is 6.08. The molecule has 0 aliphatic carbocycles. The van der Waals surface area contributed by atoms with Gasteiger partial charge in [-0.3, -0.25) is 0 Å². The zero-order chi connectivity index (χ0) is 12.7. The highest BCUT2D eigenvalue weighted by Gasteiger charge is 2.12. The lowest BCUT2D eigenvalue weighted by Gasteiger charge is -2.03. The van der Waals surface area contributed by atoms with E-state index in [-0.39, 0.29) is 0 Å². The molecule has 0 bridgehead atoms. The Bertz CT molecular complexity index is 716. The molecule has 0 saturated carbocycles. The number of imidazole rings is 1. The fourth-order valence-electron chi connectivity index (χ4n) is 1.95. The van der Waals surface area contributed by atoms with Gasteiger partial charge in [0.25, 0.3) is 0 Å². The number of nitrogens with two attached hydrogens (primary N) is 1. The van der Waals surface area contributed by atoms with Crippen molar-refractivity contribution in [2.45, 2.75) is 13.5 Å². The summed E-state index contributed by atoms with van der Waals surface area (Å²) in [5, 5.41) is 4.54. The van der Waals surface area contributed by atoms with Crippen LogP contribution in [-0.2, 0) is 6.54 Å². The van der Waals surface area contributed by atoms with Crippen LogP contribution in [0.2, 0.25) is 5.02 Å². The van der Waals surface area contributed by atoms with Crippen LogP contribution < -0.4 is 5.73 Å². The highest BCUT2D eigenvalue weighted by Crippen LogP contribution is 2.25. The Hall–Kier alpha value is -2.01. The Labute approximate surface area is 108 Å². The van der Waals surface area contributed by atoms with Gasteiger partial charge in [-0.15, -0.1) is 0 Å².